The summed E-state index contributed by atoms with van der Waals surface area (Å²) in [6.07, 6.45) is -3.80. The van der Waals surface area contributed by atoms with Crippen molar-refractivity contribution in [3.8, 4) is 28.3 Å². The maximum Gasteiger partial charge on any atom is 0.412 e. The molecule has 3 aliphatic rings. The van der Waals surface area contributed by atoms with E-state index in [-0.39, 0.29) is 23.1 Å². The number of nitrogens with zero attached hydrogens (tertiary/aromatic N) is 2. The molecule has 1 aromatic rings. The molecule has 0 aromatic heterocycles. The van der Waals surface area contributed by atoms with E-state index in [9.17, 15) is 35.8 Å². The fourth-order valence-electron chi connectivity index (χ4n) is 4.72. The van der Waals surface area contributed by atoms with Crippen molar-refractivity contribution in [1.82, 2.24) is 9.71 Å². The number of ether oxygens (including phenoxy) is 1. The van der Waals surface area contributed by atoms with E-state index in [1.54, 1.807) is 13.0 Å². The summed E-state index contributed by atoms with van der Waals surface area (Å²) >= 11 is 0. The fraction of sp³-hybridized carbons (Fsp3) is 0.480. The number of aryl methyl sites for hydroxylation is 1. The zero-order valence-corrected chi connectivity index (χ0v) is 20.7. The van der Waals surface area contributed by atoms with Crippen LogP contribution in [0.4, 0.5) is 26.3 Å². The molecule has 1 N–H and O–H groups in total. The van der Waals surface area contributed by atoms with E-state index >= 15 is 0 Å². The van der Waals surface area contributed by atoms with Gasteiger partial charge in [0.2, 0.25) is 5.25 Å². The normalized spacial score (nSPS) is 16.8. The number of pyridine rings is 1. The number of hydrogen-bond acceptors (Lipinski definition) is 4. The first-order valence-corrected chi connectivity index (χ1v) is 13.1. The Hall–Kier alpha value is -2.76. The molecular formula is C25H26F6N2O3S. The van der Waals surface area contributed by atoms with Crippen LogP contribution in [0.25, 0.3) is 22.5 Å². The monoisotopic (exact) mass is 548 g/mol. The number of halogens is 6. The van der Waals surface area contributed by atoms with E-state index < -0.39 is 33.3 Å². The van der Waals surface area contributed by atoms with Gasteiger partial charge in [-0.15, -0.1) is 0 Å². The summed E-state index contributed by atoms with van der Waals surface area (Å²) in [5, 5.41) is 6.27. The van der Waals surface area contributed by atoms with Gasteiger partial charge in [0, 0.05) is 22.2 Å². The molecule has 0 saturated heterocycles. The van der Waals surface area contributed by atoms with Gasteiger partial charge in [-0.25, -0.2) is 4.98 Å². The number of fused-ring (bicyclic) bond motifs is 1. The van der Waals surface area contributed by atoms with Gasteiger partial charge in [0.25, 0.3) is 0 Å². The van der Waals surface area contributed by atoms with Crippen molar-refractivity contribution in [3.63, 3.8) is 0 Å². The summed E-state index contributed by atoms with van der Waals surface area (Å²) in [6, 6.07) is 6.38. The Bertz CT molecular complexity index is 1220. The number of alkyl halides is 6. The summed E-state index contributed by atoms with van der Waals surface area (Å²) in [5.74, 6) is 0.652. The van der Waals surface area contributed by atoms with Gasteiger partial charge >= 0.3 is 12.4 Å². The standard InChI is InChI=1S/C25H26F6N2O3S/c1-15-12-19(18-10-11-32-22(18)33(15)34)20-13-17(37(35)23(24(26,27)28)25(29,30)31)8-9-21(20)36-14-16-6-4-2-3-5-7-16/h8-13,16,23,34H,2-7,14H2,1H3. The molecule has 1 fully saturated rings. The fourth-order valence-corrected chi connectivity index (χ4v) is 5.91. The lowest BCUT2D eigenvalue weighted by Crippen LogP contribution is -2.45. The van der Waals surface area contributed by atoms with Crippen molar-refractivity contribution in [1.29, 1.82) is 0 Å². The van der Waals surface area contributed by atoms with E-state index in [0.29, 0.717) is 23.4 Å². The first-order chi connectivity index (χ1) is 17.4. The summed E-state index contributed by atoms with van der Waals surface area (Å²) in [4.78, 5) is 3.45. The molecule has 4 rings (SSSR count). The van der Waals surface area contributed by atoms with Crippen molar-refractivity contribution >= 4 is 10.8 Å². The molecular weight excluding hydrogens is 522 g/mol. The first kappa shape index (κ1) is 27.3. The molecule has 1 aromatic carbocycles. The Morgan fingerprint density at radius 3 is 2.27 bits per heavy atom. The Kier molecular flexibility index (Phi) is 7.77. The average Bonchev–Trinajstić information content (AvgIpc) is 3.15. The number of aromatic nitrogens is 2. The van der Waals surface area contributed by atoms with Crippen LogP contribution in [0, 0.1) is 12.8 Å². The zero-order valence-electron chi connectivity index (χ0n) is 19.9. The van der Waals surface area contributed by atoms with E-state index in [1.165, 1.54) is 18.3 Å². The van der Waals surface area contributed by atoms with Crippen LogP contribution in [0.15, 0.2) is 41.4 Å². The Balaban J connectivity index is 1.80. The van der Waals surface area contributed by atoms with Gasteiger partial charge in [0.15, 0.2) is 5.82 Å². The number of benzene rings is 1. The zero-order chi connectivity index (χ0) is 27.0. The largest absolute Gasteiger partial charge is 0.493 e. The maximum atomic E-state index is 13.3. The minimum absolute atomic E-state index is 0.153. The van der Waals surface area contributed by atoms with E-state index in [0.717, 1.165) is 55.4 Å². The Morgan fingerprint density at radius 2 is 1.65 bits per heavy atom. The second-order valence-corrected chi connectivity index (χ2v) is 10.8. The van der Waals surface area contributed by atoms with Crippen LogP contribution in [-0.4, -0.2) is 43.3 Å². The van der Waals surface area contributed by atoms with Gasteiger partial charge in [-0.05, 0) is 61.6 Å². The molecule has 202 valence electrons. The topological polar surface area (TPSA) is 64.3 Å². The van der Waals surface area contributed by atoms with Gasteiger partial charge in [-0.1, -0.05) is 25.7 Å². The van der Waals surface area contributed by atoms with E-state index in [2.05, 4.69) is 4.98 Å². The van der Waals surface area contributed by atoms with Crippen molar-refractivity contribution in [2.24, 2.45) is 5.92 Å². The molecule has 1 saturated carbocycles. The lowest BCUT2D eigenvalue weighted by Gasteiger charge is -2.23. The van der Waals surface area contributed by atoms with Crippen molar-refractivity contribution < 1.29 is 40.5 Å². The summed E-state index contributed by atoms with van der Waals surface area (Å²) in [6.45, 7) is 1.90. The van der Waals surface area contributed by atoms with Crippen LogP contribution in [0.5, 0.6) is 5.75 Å². The van der Waals surface area contributed by atoms with Crippen LogP contribution in [-0.2, 0) is 10.8 Å². The summed E-state index contributed by atoms with van der Waals surface area (Å²) in [5.41, 5.74) is 1.27. The molecule has 5 nitrogen and oxygen atoms in total. The lowest BCUT2D eigenvalue weighted by atomic mass is 9.98. The van der Waals surface area contributed by atoms with Gasteiger partial charge in [-0.3, -0.25) is 4.21 Å². The van der Waals surface area contributed by atoms with E-state index in [1.807, 2.05) is 0 Å². The number of rotatable bonds is 6. The van der Waals surface area contributed by atoms with Crippen LogP contribution >= 0.6 is 0 Å². The minimum Gasteiger partial charge on any atom is -0.493 e. The minimum atomic E-state index is -5.76. The molecule has 0 radical (unpaired) electrons. The highest BCUT2D eigenvalue weighted by atomic mass is 32.2. The summed E-state index contributed by atoms with van der Waals surface area (Å²) in [7, 11) is -3.47. The second kappa shape index (κ2) is 10.5. The molecule has 37 heavy (non-hydrogen) atoms. The lowest BCUT2D eigenvalue weighted by molar-refractivity contribution is -0.225. The molecule has 0 amide bonds. The highest BCUT2D eigenvalue weighted by molar-refractivity contribution is 7.85. The first-order valence-electron chi connectivity index (χ1n) is 11.9. The smallest absolute Gasteiger partial charge is 0.412 e. The third kappa shape index (κ3) is 5.89. The second-order valence-electron chi connectivity index (χ2n) is 9.28. The predicted octanol–water partition coefficient (Wildman–Crippen LogP) is 7.15. The van der Waals surface area contributed by atoms with Crippen LogP contribution in [0.1, 0.15) is 44.2 Å². The Labute approximate surface area is 212 Å². The van der Waals surface area contributed by atoms with Crippen molar-refractivity contribution in [2.75, 3.05) is 6.61 Å². The predicted molar refractivity (Wildman–Crippen MR) is 125 cm³/mol. The molecule has 2 heterocycles. The third-order valence-corrected chi connectivity index (χ3v) is 8.27. The van der Waals surface area contributed by atoms with E-state index in [4.69, 9.17) is 4.74 Å². The Morgan fingerprint density at radius 1 is 1.00 bits per heavy atom. The third-order valence-electron chi connectivity index (χ3n) is 6.59. The molecule has 0 bridgehead atoms. The van der Waals surface area contributed by atoms with Crippen molar-refractivity contribution in [3.05, 3.63) is 42.2 Å². The van der Waals surface area contributed by atoms with Crippen molar-refractivity contribution in [2.45, 2.75) is 67.9 Å². The highest BCUT2D eigenvalue weighted by Crippen LogP contribution is 2.43. The molecule has 1 unspecified atom stereocenters. The maximum absolute atomic E-state index is 13.3. The highest BCUT2D eigenvalue weighted by Gasteiger charge is 2.60. The molecule has 0 spiro atoms. The van der Waals surface area contributed by atoms with Crippen LogP contribution < -0.4 is 4.74 Å². The van der Waals surface area contributed by atoms with Gasteiger partial charge in [0.05, 0.1) is 23.1 Å². The molecule has 12 heteroatoms. The van der Waals surface area contributed by atoms with Crippen LogP contribution in [0.2, 0.25) is 0 Å². The van der Waals surface area contributed by atoms with Crippen LogP contribution in [0.3, 0.4) is 0 Å². The van der Waals surface area contributed by atoms with Gasteiger partial charge < -0.3 is 9.94 Å². The SMILES string of the molecule is Cc1cc(-c2cc(S(=O)C(C(F)(F)F)C(F)(F)F)ccc2OCC2CCCCCC2)c2ccnc-2n1O. The molecule has 1 atom stereocenters. The van der Waals surface area contributed by atoms with Gasteiger partial charge in [0.1, 0.15) is 5.75 Å². The number of hydrogen-bond donors (Lipinski definition) is 1. The summed E-state index contributed by atoms with van der Waals surface area (Å²) < 4.78 is 99.4. The molecule has 2 aliphatic heterocycles. The van der Waals surface area contributed by atoms with Gasteiger partial charge in [-0.2, -0.15) is 31.1 Å². The molecule has 1 aliphatic carbocycles. The average molecular weight is 549 g/mol. The quantitative estimate of drug-likeness (QED) is 0.202.